The first-order valence-electron chi connectivity index (χ1n) is 8.54. The minimum Gasteiger partial charge on any atom is -0.454 e. The van der Waals surface area contributed by atoms with Crippen molar-refractivity contribution in [3.63, 3.8) is 0 Å². The molecule has 0 unspecified atom stereocenters. The molecule has 120 valence electrons. The Morgan fingerprint density at radius 1 is 0.957 bits per heavy atom. The van der Waals surface area contributed by atoms with Gasteiger partial charge in [0.15, 0.2) is 11.5 Å². The van der Waals surface area contributed by atoms with Crippen LogP contribution in [0.5, 0.6) is 11.5 Å². The summed E-state index contributed by atoms with van der Waals surface area (Å²) in [6, 6.07) is 15.8. The third kappa shape index (κ3) is 2.40. The summed E-state index contributed by atoms with van der Waals surface area (Å²) in [6.45, 7) is 7.01. The number of hydrogen-bond acceptors (Lipinski definition) is 3. The van der Waals surface area contributed by atoms with Crippen molar-refractivity contribution in [2.45, 2.75) is 32.2 Å². The minimum absolute atomic E-state index is 0.335. The van der Waals surface area contributed by atoms with E-state index >= 15 is 0 Å². The first-order chi connectivity index (χ1) is 11.3. The molecule has 23 heavy (non-hydrogen) atoms. The van der Waals surface area contributed by atoms with Crippen LogP contribution in [-0.4, -0.2) is 24.8 Å². The molecule has 1 aliphatic heterocycles. The van der Waals surface area contributed by atoms with E-state index in [0.717, 1.165) is 31.0 Å². The van der Waals surface area contributed by atoms with Crippen LogP contribution in [0.3, 0.4) is 0 Å². The van der Waals surface area contributed by atoms with Gasteiger partial charge in [-0.25, -0.2) is 0 Å². The molecule has 0 fully saturated rings. The summed E-state index contributed by atoms with van der Waals surface area (Å²) in [7, 11) is 0. The molecule has 0 bridgehead atoms. The fraction of sp³-hybridized carbons (Fsp3) is 0.400. The number of hydrogen-bond donors (Lipinski definition) is 0. The quantitative estimate of drug-likeness (QED) is 0.839. The Bertz CT molecular complexity index is 709. The zero-order chi connectivity index (χ0) is 15.8. The van der Waals surface area contributed by atoms with Gasteiger partial charge >= 0.3 is 0 Å². The van der Waals surface area contributed by atoms with Gasteiger partial charge in [0.2, 0.25) is 6.79 Å². The van der Waals surface area contributed by atoms with E-state index in [1.54, 1.807) is 0 Å². The number of rotatable bonds is 4. The van der Waals surface area contributed by atoms with E-state index in [1.807, 2.05) is 6.07 Å². The second-order valence-electron chi connectivity index (χ2n) is 6.27. The summed E-state index contributed by atoms with van der Waals surface area (Å²) >= 11 is 0. The fourth-order valence-corrected chi connectivity index (χ4v) is 4.06. The lowest BCUT2D eigenvalue weighted by Gasteiger charge is -2.27. The van der Waals surface area contributed by atoms with Crippen LogP contribution in [-0.2, 0) is 0 Å². The molecule has 1 heterocycles. The van der Waals surface area contributed by atoms with Gasteiger partial charge in [-0.05, 0) is 48.3 Å². The molecule has 3 nitrogen and oxygen atoms in total. The monoisotopic (exact) mass is 309 g/mol. The molecule has 3 heteroatoms. The summed E-state index contributed by atoms with van der Waals surface area (Å²) in [5.41, 5.74) is 4.28. The smallest absolute Gasteiger partial charge is 0.231 e. The molecule has 0 spiro atoms. The van der Waals surface area contributed by atoms with E-state index in [2.05, 4.69) is 55.1 Å². The second kappa shape index (κ2) is 5.89. The van der Waals surface area contributed by atoms with Crippen molar-refractivity contribution in [2.24, 2.45) is 0 Å². The molecule has 0 N–H and O–H groups in total. The summed E-state index contributed by atoms with van der Waals surface area (Å²) in [4.78, 5) is 2.56. The highest BCUT2D eigenvalue weighted by Crippen LogP contribution is 2.48. The molecule has 0 saturated carbocycles. The predicted molar refractivity (Wildman–Crippen MR) is 91.1 cm³/mol. The predicted octanol–water partition coefficient (Wildman–Crippen LogP) is 4.33. The van der Waals surface area contributed by atoms with Crippen LogP contribution in [0.1, 0.15) is 48.9 Å². The lowest BCUT2D eigenvalue weighted by molar-refractivity contribution is 0.174. The average Bonchev–Trinajstić information content (AvgIpc) is 3.20. The molecule has 1 aliphatic carbocycles. The van der Waals surface area contributed by atoms with E-state index in [9.17, 15) is 0 Å². The van der Waals surface area contributed by atoms with Gasteiger partial charge < -0.3 is 9.47 Å². The van der Waals surface area contributed by atoms with Crippen molar-refractivity contribution >= 4 is 0 Å². The van der Waals surface area contributed by atoms with Gasteiger partial charge in [-0.15, -0.1) is 0 Å². The van der Waals surface area contributed by atoms with Crippen LogP contribution in [0.15, 0.2) is 42.5 Å². The van der Waals surface area contributed by atoms with E-state index in [1.165, 1.54) is 16.7 Å². The highest BCUT2D eigenvalue weighted by Gasteiger charge is 2.34. The summed E-state index contributed by atoms with van der Waals surface area (Å²) < 4.78 is 11.0. The molecule has 0 radical (unpaired) electrons. The van der Waals surface area contributed by atoms with Gasteiger partial charge in [0.05, 0.1) is 0 Å². The first kappa shape index (κ1) is 14.6. The third-order valence-electron chi connectivity index (χ3n) is 5.24. The maximum Gasteiger partial charge on any atom is 0.231 e. The van der Waals surface area contributed by atoms with E-state index in [4.69, 9.17) is 9.47 Å². The number of nitrogens with zero attached hydrogens (tertiary/aromatic N) is 1. The SMILES string of the molecule is CCN(CC)[C@@H]1C[C@@H](c2ccc3c(c2)OCO3)c2ccccc21. The van der Waals surface area contributed by atoms with Crippen molar-refractivity contribution < 1.29 is 9.47 Å². The molecule has 2 aromatic carbocycles. The highest BCUT2D eigenvalue weighted by atomic mass is 16.7. The molecular formula is C20H23NO2. The molecule has 2 aromatic rings. The summed E-state index contributed by atoms with van der Waals surface area (Å²) in [6.07, 6.45) is 1.14. The van der Waals surface area contributed by atoms with Crippen molar-refractivity contribution in [1.29, 1.82) is 0 Å². The van der Waals surface area contributed by atoms with Crippen molar-refractivity contribution in [2.75, 3.05) is 19.9 Å². The Labute approximate surface area is 137 Å². The largest absolute Gasteiger partial charge is 0.454 e. The van der Waals surface area contributed by atoms with Crippen LogP contribution in [0.25, 0.3) is 0 Å². The van der Waals surface area contributed by atoms with Gasteiger partial charge in [0.25, 0.3) is 0 Å². The first-order valence-corrected chi connectivity index (χ1v) is 8.54. The Hall–Kier alpha value is -2.00. The molecule has 0 amide bonds. The lowest BCUT2D eigenvalue weighted by Crippen LogP contribution is -2.27. The van der Waals surface area contributed by atoms with Crippen molar-refractivity contribution in [3.05, 3.63) is 59.2 Å². The molecule has 2 atom stereocenters. The average molecular weight is 309 g/mol. The molecule has 4 rings (SSSR count). The van der Waals surface area contributed by atoms with Gasteiger partial charge in [-0.3, -0.25) is 4.90 Å². The number of benzene rings is 2. The molecule has 2 aliphatic rings. The van der Waals surface area contributed by atoms with Crippen LogP contribution in [0.4, 0.5) is 0 Å². The second-order valence-corrected chi connectivity index (χ2v) is 6.27. The van der Waals surface area contributed by atoms with E-state index in [-0.39, 0.29) is 0 Å². The Morgan fingerprint density at radius 2 is 1.70 bits per heavy atom. The normalized spacial score (nSPS) is 21.7. The summed E-state index contributed by atoms with van der Waals surface area (Å²) in [5, 5.41) is 0. The standard InChI is InChI=1S/C20H23NO2/c1-3-21(4-2)18-12-17(15-7-5-6-8-16(15)18)14-9-10-19-20(11-14)23-13-22-19/h5-11,17-18H,3-4,12-13H2,1-2H3/t17-,18+/m0/s1. The minimum atomic E-state index is 0.335. The molecule has 0 aromatic heterocycles. The van der Waals surface area contributed by atoms with E-state index in [0.29, 0.717) is 18.8 Å². The zero-order valence-electron chi connectivity index (χ0n) is 13.8. The van der Waals surface area contributed by atoms with Crippen LogP contribution in [0, 0.1) is 0 Å². The lowest BCUT2D eigenvalue weighted by atomic mass is 9.92. The Morgan fingerprint density at radius 3 is 2.48 bits per heavy atom. The zero-order valence-corrected chi connectivity index (χ0v) is 13.8. The molecule has 0 saturated heterocycles. The maximum atomic E-state index is 5.57. The third-order valence-corrected chi connectivity index (χ3v) is 5.24. The molecular weight excluding hydrogens is 286 g/mol. The number of fused-ring (bicyclic) bond motifs is 2. The number of ether oxygens (including phenoxy) is 2. The highest BCUT2D eigenvalue weighted by molar-refractivity contribution is 5.50. The van der Waals surface area contributed by atoms with Gasteiger partial charge in [0, 0.05) is 12.0 Å². The van der Waals surface area contributed by atoms with Crippen molar-refractivity contribution in [1.82, 2.24) is 4.90 Å². The maximum absolute atomic E-state index is 5.57. The van der Waals surface area contributed by atoms with E-state index < -0.39 is 0 Å². The topological polar surface area (TPSA) is 21.7 Å². The Kier molecular flexibility index (Phi) is 3.74. The van der Waals surface area contributed by atoms with Crippen LogP contribution < -0.4 is 9.47 Å². The van der Waals surface area contributed by atoms with Gasteiger partial charge in [0.1, 0.15) is 0 Å². The Balaban J connectivity index is 1.73. The van der Waals surface area contributed by atoms with Gasteiger partial charge in [-0.1, -0.05) is 44.2 Å². The summed E-state index contributed by atoms with van der Waals surface area (Å²) in [5.74, 6) is 2.18. The fourth-order valence-electron chi connectivity index (χ4n) is 4.06. The van der Waals surface area contributed by atoms with Crippen molar-refractivity contribution in [3.8, 4) is 11.5 Å². The van der Waals surface area contributed by atoms with Crippen LogP contribution >= 0.6 is 0 Å². The van der Waals surface area contributed by atoms with Gasteiger partial charge in [-0.2, -0.15) is 0 Å². The van der Waals surface area contributed by atoms with Crippen LogP contribution in [0.2, 0.25) is 0 Å².